The highest BCUT2D eigenvalue weighted by molar-refractivity contribution is 5.61. The second kappa shape index (κ2) is 5.19. The van der Waals surface area contributed by atoms with E-state index in [1.54, 1.807) is 12.1 Å². The zero-order valence-electron chi connectivity index (χ0n) is 10.1. The number of nitriles is 1. The summed E-state index contributed by atoms with van der Waals surface area (Å²) in [6, 6.07) is 13.5. The van der Waals surface area contributed by atoms with E-state index in [0.29, 0.717) is 11.5 Å². The molecule has 0 aliphatic heterocycles. The molecule has 4 heteroatoms. The third-order valence-corrected chi connectivity index (χ3v) is 2.67. The Labute approximate surface area is 106 Å². The molecule has 0 saturated heterocycles. The first kappa shape index (κ1) is 11.9. The highest BCUT2D eigenvalue weighted by atomic mass is 15.0. The van der Waals surface area contributed by atoms with Crippen LogP contribution in [0.4, 0.5) is 17.2 Å². The normalized spacial score (nSPS) is 9.78. The van der Waals surface area contributed by atoms with Crippen LogP contribution in [-0.2, 0) is 6.42 Å². The van der Waals surface area contributed by atoms with Gasteiger partial charge in [-0.2, -0.15) is 5.26 Å². The highest BCUT2D eigenvalue weighted by Crippen LogP contribution is 2.18. The Morgan fingerprint density at radius 2 is 1.94 bits per heavy atom. The lowest BCUT2D eigenvalue weighted by molar-refractivity contribution is 1.14. The van der Waals surface area contributed by atoms with Crippen molar-refractivity contribution < 1.29 is 0 Å². The quantitative estimate of drug-likeness (QED) is 0.862. The van der Waals surface area contributed by atoms with Gasteiger partial charge in [0.25, 0.3) is 0 Å². The minimum atomic E-state index is 0.241. The molecule has 3 N–H and O–H groups in total. The number of aromatic nitrogens is 1. The summed E-state index contributed by atoms with van der Waals surface area (Å²) in [5.41, 5.74) is 8.47. The number of hydrogen-bond acceptors (Lipinski definition) is 4. The Morgan fingerprint density at radius 1 is 1.22 bits per heavy atom. The van der Waals surface area contributed by atoms with E-state index in [-0.39, 0.29) is 5.69 Å². The molecule has 2 aromatic rings. The summed E-state index contributed by atoms with van der Waals surface area (Å²) in [4.78, 5) is 4.13. The van der Waals surface area contributed by atoms with Crippen LogP contribution in [0.2, 0.25) is 0 Å². The summed E-state index contributed by atoms with van der Waals surface area (Å²) in [5.74, 6) is 0.616. The van der Waals surface area contributed by atoms with E-state index in [9.17, 15) is 0 Å². The van der Waals surface area contributed by atoms with Gasteiger partial charge < -0.3 is 11.1 Å². The average Bonchev–Trinajstić information content (AvgIpc) is 2.42. The average molecular weight is 238 g/mol. The van der Waals surface area contributed by atoms with Gasteiger partial charge in [0.1, 0.15) is 11.9 Å². The molecule has 0 atom stereocenters. The number of rotatable bonds is 3. The number of nitrogens with one attached hydrogen (secondary N) is 1. The van der Waals surface area contributed by atoms with Crippen molar-refractivity contribution in [3.63, 3.8) is 0 Å². The molecule has 2 rings (SSSR count). The first-order valence-corrected chi connectivity index (χ1v) is 5.75. The molecule has 0 radical (unpaired) electrons. The molecule has 18 heavy (non-hydrogen) atoms. The minimum Gasteiger partial charge on any atom is -0.396 e. The number of nitrogens with two attached hydrogens (primary N) is 1. The second-order valence-corrected chi connectivity index (χ2v) is 3.92. The number of nitrogen functional groups attached to an aromatic ring is 1. The Kier molecular flexibility index (Phi) is 3.44. The predicted octanol–water partition coefficient (Wildman–Crippen LogP) is 2.84. The number of pyridine rings is 1. The predicted molar refractivity (Wildman–Crippen MR) is 72.5 cm³/mol. The van der Waals surface area contributed by atoms with Crippen LogP contribution in [0, 0.1) is 11.3 Å². The molecule has 0 aliphatic carbocycles. The standard InChI is InChI=1S/C14H14N4/c1-2-10-3-5-11(6-4-10)17-14-8-7-12(16)13(9-15)18-14/h3-8H,2,16H2,1H3,(H,17,18). The fourth-order valence-electron chi connectivity index (χ4n) is 1.60. The van der Waals surface area contributed by atoms with Crippen molar-refractivity contribution in [2.75, 3.05) is 11.1 Å². The summed E-state index contributed by atoms with van der Waals surface area (Å²) in [7, 11) is 0. The van der Waals surface area contributed by atoms with Crippen molar-refractivity contribution in [3.8, 4) is 6.07 Å². The van der Waals surface area contributed by atoms with Crippen LogP contribution in [0.5, 0.6) is 0 Å². The molecule has 1 heterocycles. The van der Waals surface area contributed by atoms with Crippen LogP contribution in [0.15, 0.2) is 36.4 Å². The number of aryl methyl sites for hydroxylation is 1. The molecule has 4 nitrogen and oxygen atoms in total. The van der Waals surface area contributed by atoms with Gasteiger partial charge in [-0.3, -0.25) is 0 Å². The minimum absolute atomic E-state index is 0.241. The maximum Gasteiger partial charge on any atom is 0.165 e. The first-order valence-electron chi connectivity index (χ1n) is 5.75. The van der Waals surface area contributed by atoms with E-state index in [0.717, 1.165) is 12.1 Å². The molecule has 0 spiro atoms. The molecular formula is C14H14N4. The SMILES string of the molecule is CCc1ccc(Nc2ccc(N)c(C#N)n2)cc1. The lowest BCUT2D eigenvalue weighted by atomic mass is 10.1. The van der Waals surface area contributed by atoms with Crippen LogP contribution < -0.4 is 11.1 Å². The fourth-order valence-corrected chi connectivity index (χ4v) is 1.60. The molecule has 1 aromatic carbocycles. The highest BCUT2D eigenvalue weighted by Gasteiger charge is 2.02. The van der Waals surface area contributed by atoms with Gasteiger partial charge in [0.2, 0.25) is 0 Å². The number of benzene rings is 1. The molecular weight excluding hydrogens is 224 g/mol. The van der Waals surface area contributed by atoms with Crippen molar-refractivity contribution in [1.29, 1.82) is 5.26 Å². The van der Waals surface area contributed by atoms with Crippen LogP contribution in [0.25, 0.3) is 0 Å². The van der Waals surface area contributed by atoms with Gasteiger partial charge >= 0.3 is 0 Å². The third kappa shape index (κ3) is 2.58. The van der Waals surface area contributed by atoms with Gasteiger partial charge in [0.15, 0.2) is 5.69 Å². The van der Waals surface area contributed by atoms with Crippen molar-refractivity contribution in [3.05, 3.63) is 47.7 Å². The summed E-state index contributed by atoms with van der Waals surface area (Å²) < 4.78 is 0. The van der Waals surface area contributed by atoms with Crippen LogP contribution >= 0.6 is 0 Å². The lowest BCUT2D eigenvalue weighted by Gasteiger charge is -2.07. The number of nitrogens with zero attached hydrogens (tertiary/aromatic N) is 2. The largest absolute Gasteiger partial charge is 0.396 e. The van der Waals surface area contributed by atoms with E-state index in [1.807, 2.05) is 18.2 Å². The summed E-state index contributed by atoms with van der Waals surface area (Å²) in [6.45, 7) is 2.11. The lowest BCUT2D eigenvalue weighted by Crippen LogP contribution is -1.99. The zero-order chi connectivity index (χ0) is 13.0. The van der Waals surface area contributed by atoms with Gasteiger partial charge in [-0.25, -0.2) is 4.98 Å². The Hall–Kier alpha value is -2.54. The van der Waals surface area contributed by atoms with Gasteiger partial charge in [-0.15, -0.1) is 0 Å². The molecule has 1 aromatic heterocycles. The molecule has 0 amide bonds. The molecule has 0 aliphatic rings. The van der Waals surface area contributed by atoms with E-state index < -0.39 is 0 Å². The van der Waals surface area contributed by atoms with Gasteiger partial charge in [-0.05, 0) is 36.2 Å². The van der Waals surface area contributed by atoms with Gasteiger partial charge in [0.05, 0.1) is 5.69 Å². The smallest absolute Gasteiger partial charge is 0.165 e. The van der Waals surface area contributed by atoms with Crippen molar-refractivity contribution in [2.45, 2.75) is 13.3 Å². The van der Waals surface area contributed by atoms with Crippen LogP contribution in [0.1, 0.15) is 18.2 Å². The molecule has 0 saturated carbocycles. The Morgan fingerprint density at radius 3 is 2.56 bits per heavy atom. The van der Waals surface area contributed by atoms with Crippen molar-refractivity contribution >= 4 is 17.2 Å². The van der Waals surface area contributed by atoms with E-state index >= 15 is 0 Å². The van der Waals surface area contributed by atoms with Gasteiger partial charge in [-0.1, -0.05) is 19.1 Å². The fraction of sp³-hybridized carbons (Fsp3) is 0.143. The van der Waals surface area contributed by atoms with E-state index in [2.05, 4.69) is 29.4 Å². The van der Waals surface area contributed by atoms with Crippen LogP contribution in [0.3, 0.4) is 0 Å². The Bertz CT molecular complexity index is 582. The maximum atomic E-state index is 8.86. The van der Waals surface area contributed by atoms with E-state index in [1.165, 1.54) is 5.56 Å². The molecule has 0 fully saturated rings. The molecule has 90 valence electrons. The van der Waals surface area contributed by atoms with E-state index in [4.69, 9.17) is 11.0 Å². The summed E-state index contributed by atoms with van der Waals surface area (Å²) >= 11 is 0. The zero-order valence-corrected chi connectivity index (χ0v) is 10.1. The third-order valence-electron chi connectivity index (χ3n) is 2.67. The molecule has 0 unspecified atom stereocenters. The van der Waals surface area contributed by atoms with Gasteiger partial charge in [0, 0.05) is 5.69 Å². The Balaban J connectivity index is 2.20. The summed E-state index contributed by atoms with van der Waals surface area (Å²) in [6.07, 6.45) is 1.01. The van der Waals surface area contributed by atoms with Crippen molar-refractivity contribution in [2.24, 2.45) is 0 Å². The first-order chi connectivity index (χ1) is 8.72. The topological polar surface area (TPSA) is 74.7 Å². The maximum absolute atomic E-state index is 8.86. The number of anilines is 3. The van der Waals surface area contributed by atoms with Crippen LogP contribution in [-0.4, -0.2) is 4.98 Å². The molecule has 0 bridgehead atoms. The summed E-state index contributed by atoms with van der Waals surface area (Å²) in [5, 5.41) is 12.0. The van der Waals surface area contributed by atoms with Crippen molar-refractivity contribution in [1.82, 2.24) is 4.98 Å². The monoisotopic (exact) mass is 238 g/mol. The second-order valence-electron chi connectivity index (χ2n) is 3.92. The number of hydrogen-bond donors (Lipinski definition) is 2.